The fourth-order valence-corrected chi connectivity index (χ4v) is 2.47. The van der Waals surface area contributed by atoms with Crippen LogP contribution in [0.5, 0.6) is 0 Å². The Hall–Kier alpha value is -1.47. The van der Waals surface area contributed by atoms with Gasteiger partial charge in [0, 0.05) is 18.0 Å². The van der Waals surface area contributed by atoms with E-state index in [1.807, 2.05) is 18.2 Å². The van der Waals surface area contributed by atoms with Crippen LogP contribution in [0.4, 0.5) is 5.69 Å². The predicted molar refractivity (Wildman–Crippen MR) is 73.3 cm³/mol. The molecule has 88 valence electrons. The third kappa shape index (κ3) is 3.24. The Bertz CT molecular complexity index is 486. The molecule has 0 spiro atoms. The molecule has 4 heteroatoms. The van der Waals surface area contributed by atoms with Gasteiger partial charge >= 0.3 is 0 Å². The number of benzene rings is 1. The number of nitrogens with zero attached hydrogens (tertiary/aromatic N) is 2. The lowest BCUT2D eigenvalue weighted by Gasteiger charge is -2.27. The second-order valence-corrected chi connectivity index (χ2v) is 5.86. The van der Waals surface area contributed by atoms with Crippen LogP contribution < -0.4 is 5.32 Å². The van der Waals surface area contributed by atoms with Crippen LogP contribution in [0.3, 0.4) is 0 Å². The summed E-state index contributed by atoms with van der Waals surface area (Å²) in [6.07, 6.45) is 0. The Morgan fingerprint density at radius 3 is 2.94 bits per heavy atom. The van der Waals surface area contributed by atoms with E-state index in [2.05, 4.69) is 30.2 Å². The van der Waals surface area contributed by atoms with Gasteiger partial charge in [0.05, 0.1) is 11.6 Å². The Balaban J connectivity index is 2.07. The quantitative estimate of drug-likeness (QED) is 0.827. The molecular weight excluding hydrogens is 230 g/mol. The fourth-order valence-electron chi connectivity index (χ4n) is 1.51. The van der Waals surface area contributed by atoms with Crippen molar-refractivity contribution in [1.82, 2.24) is 0 Å². The van der Waals surface area contributed by atoms with Gasteiger partial charge in [0.25, 0.3) is 0 Å². The van der Waals surface area contributed by atoms with Crippen molar-refractivity contribution in [2.75, 3.05) is 17.6 Å². The number of hydrogen-bond donors (Lipinski definition) is 1. The summed E-state index contributed by atoms with van der Waals surface area (Å²) in [6.45, 7) is 5.29. The van der Waals surface area contributed by atoms with Crippen molar-refractivity contribution in [1.29, 1.82) is 5.26 Å². The highest BCUT2D eigenvalue weighted by molar-refractivity contribution is 8.14. The summed E-state index contributed by atoms with van der Waals surface area (Å²) in [5, 5.41) is 13.0. The zero-order valence-corrected chi connectivity index (χ0v) is 10.8. The Morgan fingerprint density at radius 1 is 1.47 bits per heavy atom. The maximum Gasteiger partial charge on any atom is 0.161 e. The first kappa shape index (κ1) is 12.0. The lowest BCUT2D eigenvalue weighted by molar-refractivity contribution is 0.438. The second kappa shape index (κ2) is 4.80. The molecule has 1 aromatic carbocycles. The van der Waals surface area contributed by atoms with Crippen molar-refractivity contribution >= 4 is 22.6 Å². The van der Waals surface area contributed by atoms with Gasteiger partial charge in [-0.3, -0.25) is 4.99 Å². The molecular formula is C13H15N3S. The van der Waals surface area contributed by atoms with Gasteiger partial charge in [0.1, 0.15) is 0 Å². The number of amidine groups is 1. The van der Waals surface area contributed by atoms with E-state index in [1.54, 1.807) is 17.8 Å². The Kier molecular flexibility index (Phi) is 3.39. The third-order valence-corrected chi connectivity index (χ3v) is 3.92. The molecule has 0 fully saturated rings. The van der Waals surface area contributed by atoms with Crippen LogP contribution in [-0.2, 0) is 0 Å². The molecule has 1 aliphatic heterocycles. The summed E-state index contributed by atoms with van der Waals surface area (Å²) in [5.41, 5.74) is 1.87. The van der Waals surface area contributed by atoms with Crippen LogP contribution in [0.2, 0.25) is 0 Å². The van der Waals surface area contributed by atoms with E-state index < -0.39 is 0 Å². The molecule has 1 aliphatic rings. The monoisotopic (exact) mass is 245 g/mol. The van der Waals surface area contributed by atoms with Gasteiger partial charge in [-0.25, -0.2) is 0 Å². The zero-order chi connectivity index (χ0) is 12.3. The molecule has 0 amide bonds. The highest BCUT2D eigenvalue weighted by atomic mass is 32.2. The van der Waals surface area contributed by atoms with Crippen LogP contribution >= 0.6 is 11.8 Å². The summed E-state index contributed by atoms with van der Waals surface area (Å²) in [5.74, 6) is 1.07. The lowest BCUT2D eigenvalue weighted by atomic mass is 9.97. The largest absolute Gasteiger partial charge is 0.335 e. The van der Waals surface area contributed by atoms with Crippen molar-refractivity contribution in [2.45, 2.75) is 13.8 Å². The van der Waals surface area contributed by atoms with Crippen LogP contribution in [0, 0.1) is 16.7 Å². The minimum Gasteiger partial charge on any atom is -0.335 e. The number of anilines is 1. The SMILES string of the molecule is CC1(C)CN=C(Nc2cccc(C#N)c2)SC1. The summed E-state index contributed by atoms with van der Waals surface area (Å²) < 4.78 is 0. The van der Waals surface area contributed by atoms with Crippen molar-refractivity contribution in [3.8, 4) is 6.07 Å². The summed E-state index contributed by atoms with van der Waals surface area (Å²) >= 11 is 1.73. The summed E-state index contributed by atoms with van der Waals surface area (Å²) in [6, 6.07) is 9.58. The van der Waals surface area contributed by atoms with Crippen molar-refractivity contribution in [3.05, 3.63) is 29.8 Å². The molecule has 0 unspecified atom stereocenters. The molecule has 0 aliphatic carbocycles. The standard InChI is InChI=1S/C13H15N3S/c1-13(2)8-15-12(17-9-13)16-11-5-3-4-10(6-11)7-14/h3-6H,8-9H2,1-2H3,(H,15,16). The third-order valence-electron chi connectivity index (χ3n) is 2.49. The van der Waals surface area contributed by atoms with Gasteiger partial charge < -0.3 is 5.32 Å². The van der Waals surface area contributed by atoms with Gasteiger partial charge in [0.15, 0.2) is 5.17 Å². The van der Waals surface area contributed by atoms with E-state index in [9.17, 15) is 0 Å². The van der Waals surface area contributed by atoms with Crippen LogP contribution in [-0.4, -0.2) is 17.5 Å². The maximum atomic E-state index is 8.82. The van der Waals surface area contributed by atoms with Gasteiger partial charge in [0.2, 0.25) is 0 Å². The number of nitriles is 1. The van der Waals surface area contributed by atoms with Crippen LogP contribution in [0.1, 0.15) is 19.4 Å². The van der Waals surface area contributed by atoms with Crippen LogP contribution in [0.25, 0.3) is 0 Å². The minimum atomic E-state index is 0.282. The van der Waals surface area contributed by atoms with E-state index in [0.717, 1.165) is 23.2 Å². The molecule has 0 radical (unpaired) electrons. The smallest absolute Gasteiger partial charge is 0.161 e. The average molecular weight is 245 g/mol. The normalized spacial score (nSPS) is 18.1. The summed E-state index contributed by atoms with van der Waals surface area (Å²) in [7, 11) is 0. The molecule has 0 atom stereocenters. The van der Waals surface area contributed by atoms with E-state index in [1.165, 1.54) is 0 Å². The van der Waals surface area contributed by atoms with Gasteiger partial charge in [-0.05, 0) is 23.6 Å². The molecule has 1 aromatic rings. The van der Waals surface area contributed by atoms with Crippen LogP contribution in [0.15, 0.2) is 29.3 Å². The van der Waals surface area contributed by atoms with Gasteiger partial charge in [-0.2, -0.15) is 5.26 Å². The van der Waals surface area contributed by atoms with Crippen molar-refractivity contribution in [3.63, 3.8) is 0 Å². The predicted octanol–water partition coefficient (Wildman–Crippen LogP) is 3.10. The molecule has 0 aromatic heterocycles. The van der Waals surface area contributed by atoms with E-state index in [-0.39, 0.29) is 5.41 Å². The van der Waals surface area contributed by atoms with E-state index >= 15 is 0 Å². The van der Waals surface area contributed by atoms with E-state index in [0.29, 0.717) is 5.56 Å². The van der Waals surface area contributed by atoms with Crippen molar-refractivity contribution < 1.29 is 0 Å². The molecule has 17 heavy (non-hydrogen) atoms. The molecule has 0 saturated heterocycles. The number of rotatable bonds is 1. The summed E-state index contributed by atoms with van der Waals surface area (Å²) in [4.78, 5) is 4.52. The first-order valence-corrected chi connectivity index (χ1v) is 6.52. The Labute approximate surface area is 106 Å². The highest BCUT2D eigenvalue weighted by Gasteiger charge is 2.23. The first-order chi connectivity index (χ1) is 8.09. The molecule has 1 N–H and O–H groups in total. The second-order valence-electron chi connectivity index (χ2n) is 4.89. The van der Waals surface area contributed by atoms with Gasteiger partial charge in [-0.15, -0.1) is 0 Å². The number of hydrogen-bond acceptors (Lipinski definition) is 4. The molecule has 1 heterocycles. The number of thioether (sulfide) groups is 1. The molecule has 3 nitrogen and oxygen atoms in total. The maximum absolute atomic E-state index is 8.82. The number of nitrogens with one attached hydrogen (secondary N) is 1. The highest BCUT2D eigenvalue weighted by Crippen LogP contribution is 2.28. The molecule has 2 rings (SSSR count). The first-order valence-electron chi connectivity index (χ1n) is 5.53. The topological polar surface area (TPSA) is 48.2 Å². The van der Waals surface area contributed by atoms with E-state index in [4.69, 9.17) is 5.26 Å². The minimum absolute atomic E-state index is 0.282. The van der Waals surface area contributed by atoms with Crippen molar-refractivity contribution in [2.24, 2.45) is 10.4 Å². The zero-order valence-electron chi connectivity index (χ0n) is 10.0. The number of aliphatic imine (C=N–C) groups is 1. The van der Waals surface area contributed by atoms with Gasteiger partial charge in [-0.1, -0.05) is 31.7 Å². The Morgan fingerprint density at radius 2 is 2.29 bits per heavy atom. The molecule has 0 bridgehead atoms. The average Bonchev–Trinajstić information content (AvgIpc) is 2.32. The fraction of sp³-hybridized carbons (Fsp3) is 0.385. The molecule has 0 saturated carbocycles. The lowest BCUT2D eigenvalue weighted by Crippen LogP contribution is -2.27.